The average Bonchev–Trinajstić information content (AvgIpc) is 3.13. The van der Waals surface area contributed by atoms with Crippen molar-refractivity contribution in [2.75, 3.05) is 38.7 Å². The average molecular weight is 638 g/mol. The van der Waals surface area contributed by atoms with Gasteiger partial charge in [0.2, 0.25) is 18.0 Å². The molecule has 43 heavy (non-hydrogen) atoms. The van der Waals surface area contributed by atoms with Crippen molar-refractivity contribution in [2.45, 2.75) is 29.0 Å². The molecule has 0 bridgehead atoms. The van der Waals surface area contributed by atoms with Crippen molar-refractivity contribution >= 4 is 25.5 Å². The number of benzene rings is 2. The molecule has 16 heteroatoms. The summed E-state index contributed by atoms with van der Waals surface area (Å²) in [5.74, 6) is -2.94. The molecule has 3 atom stereocenters. The Bertz CT molecular complexity index is 1690. The van der Waals surface area contributed by atoms with E-state index < -0.39 is 61.6 Å². The van der Waals surface area contributed by atoms with Gasteiger partial charge >= 0.3 is 7.82 Å². The second-order valence-electron chi connectivity index (χ2n) is 9.97. The molecule has 1 unspecified atom stereocenters. The first kappa shape index (κ1) is 29.8. The monoisotopic (exact) mass is 637 g/mol. The summed E-state index contributed by atoms with van der Waals surface area (Å²) < 4.78 is 63.6. The summed E-state index contributed by atoms with van der Waals surface area (Å²) in [4.78, 5) is 47.6. The molecule has 12 nitrogen and oxygen atoms in total. The Morgan fingerprint density at radius 2 is 1.91 bits per heavy atom. The summed E-state index contributed by atoms with van der Waals surface area (Å²) >= 11 is 1.34. The molecule has 1 saturated heterocycles. The van der Waals surface area contributed by atoms with Crippen molar-refractivity contribution in [3.05, 3.63) is 92.9 Å². The zero-order valence-corrected chi connectivity index (χ0v) is 24.3. The zero-order valence-electron chi connectivity index (χ0n) is 22.6. The van der Waals surface area contributed by atoms with Crippen LogP contribution in [0.4, 0.5) is 8.78 Å². The Kier molecular flexibility index (Phi) is 8.07. The Hall–Kier alpha value is -3.30. The molecule has 228 valence electrons. The first-order valence-corrected chi connectivity index (χ1v) is 15.6. The van der Waals surface area contributed by atoms with Gasteiger partial charge in [-0.3, -0.25) is 19.3 Å². The first-order valence-electron chi connectivity index (χ1n) is 13.1. The van der Waals surface area contributed by atoms with E-state index in [0.717, 1.165) is 22.6 Å². The summed E-state index contributed by atoms with van der Waals surface area (Å²) in [5.41, 5.74) is 0.357. The zero-order chi connectivity index (χ0) is 30.5. The number of carbonyl (C=O) groups excluding carboxylic acids is 1. The number of phosphoric acid groups is 1. The van der Waals surface area contributed by atoms with Gasteiger partial charge in [-0.25, -0.2) is 17.9 Å². The summed E-state index contributed by atoms with van der Waals surface area (Å²) in [6.45, 7) is -0.774. The van der Waals surface area contributed by atoms with Gasteiger partial charge in [0.05, 0.1) is 31.9 Å². The Morgan fingerprint density at radius 1 is 1.12 bits per heavy atom. The number of morpholine rings is 1. The highest BCUT2D eigenvalue weighted by Crippen LogP contribution is 2.45. The first-order chi connectivity index (χ1) is 20.6. The van der Waals surface area contributed by atoms with E-state index in [4.69, 9.17) is 24.0 Å². The summed E-state index contributed by atoms with van der Waals surface area (Å²) in [7, 11) is -3.47. The van der Waals surface area contributed by atoms with Gasteiger partial charge in [-0.2, -0.15) is 0 Å². The van der Waals surface area contributed by atoms with Crippen LogP contribution in [0.3, 0.4) is 0 Å². The van der Waals surface area contributed by atoms with Crippen molar-refractivity contribution < 1.29 is 46.7 Å². The van der Waals surface area contributed by atoms with E-state index in [1.165, 1.54) is 40.7 Å². The molecule has 1 amide bonds. The molecule has 1 fully saturated rings. The second kappa shape index (κ2) is 11.7. The number of ether oxygens (including phenoxy) is 3. The quantitative estimate of drug-likeness (QED) is 0.292. The van der Waals surface area contributed by atoms with Gasteiger partial charge in [0.15, 0.2) is 17.3 Å². The van der Waals surface area contributed by atoms with E-state index in [2.05, 4.69) is 4.52 Å². The Morgan fingerprint density at radius 3 is 2.67 bits per heavy atom. The Labute approximate surface area is 247 Å². The van der Waals surface area contributed by atoms with Gasteiger partial charge in [-0.05, 0) is 23.3 Å². The van der Waals surface area contributed by atoms with Crippen molar-refractivity contribution in [1.29, 1.82) is 0 Å². The lowest BCUT2D eigenvalue weighted by atomic mass is 9.93. The minimum Gasteiger partial charge on any atom is -0.460 e. The van der Waals surface area contributed by atoms with Gasteiger partial charge in [-0.1, -0.05) is 24.3 Å². The fourth-order valence-electron chi connectivity index (χ4n) is 5.65. The number of halogens is 2. The molecule has 0 saturated carbocycles. The predicted octanol–water partition coefficient (Wildman–Crippen LogP) is 2.73. The number of amides is 1. The predicted molar refractivity (Wildman–Crippen MR) is 148 cm³/mol. The highest BCUT2D eigenvalue weighted by atomic mass is 32.2. The molecule has 4 heterocycles. The molecule has 3 aliphatic rings. The van der Waals surface area contributed by atoms with Gasteiger partial charge < -0.3 is 28.9 Å². The van der Waals surface area contributed by atoms with E-state index in [0.29, 0.717) is 5.56 Å². The molecule has 0 radical (unpaired) electrons. The number of hydrogen-bond acceptors (Lipinski definition) is 9. The number of phosphoric ester groups is 1. The number of hydrogen-bond donors (Lipinski definition) is 2. The lowest BCUT2D eigenvalue weighted by Gasteiger charge is -2.52. The molecule has 3 aromatic rings. The molecule has 0 aliphatic carbocycles. The Balaban J connectivity index is 1.58. The van der Waals surface area contributed by atoms with Gasteiger partial charge in [0.25, 0.3) is 5.91 Å². The third-order valence-corrected chi connectivity index (χ3v) is 9.01. The summed E-state index contributed by atoms with van der Waals surface area (Å²) in [6, 6.07) is 10.3. The van der Waals surface area contributed by atoms with Crippen LogP contribution in [0.25, 0.3) is 0 Å². The number of thioether (sulfide) groups is 1. The topological polar surface area (TPSA) is 140 Å². The number of aromatic nitrogens is 1. The van der Waals surface area contributed by atoms with Crippen molar-refractivity contribution in [2.24, 2.45) is 0 Å². The fourth-order valence-corrected chi connectivity index (χ4v) is 6.95. The number of nitrogens with zero attached hydrogens (tertiary/aromatic N) is 3. The molecule has 2 N–H and O–H groups in total. The molecular weight excluding hydrogens is 611 g/mol. The molecule has 0 spiro atoms. The summed E-state index contributed by atoms with van der Waals surface area (Å²) in [6.07, 6.45) is 0.0783. The number of fused-ring (bicyclic) bond motifs is 4. The number of carbonyl (C=O) groups is 1. The molecule has 2 aromatic carbocycles. The van der Waals surface area contributed by atoms with Crippen molar-refractivity contribution in [1.82, 2.24) is 9.58 Å². The highest BCUT2D eigenvalue weighted by Gasteiger charge is 2.48. The van der Waals surface area contributed by atoms with Crippen molar-refractivity contribution in [3.63, 3.8) is 0 Å². The minimum atomic E-state index is -4.96. The standard InChI is InChI=1S/C27H26F2N3O9PS/c1-38-11-15-10-30-22(12-39-15)32(31-9-8-20(33)26(25(31)27(30)34)40-14-41-42(35,36)37)24-16-6-7-19(28)23(29)18(16)13-43-21-5-3-2-4-17(21)24/h2-9,15,22,24H,10-14H2,1H3,(H2,35,36,37)/t15?,22-,24+/m1/s1. The lowest BCUT2D eigenvalue weighted by molar-refractivity contribution is -0.0875. The van der Waals surface area contributed by atoms with E-state index >= 15 is 4.39 Å². The van der Waals surface area contributed by atoms with Crippen LogP contribution in [0.5, 0.6) is 5.75 Å². The maximum Gasteiger partial charge on any atom is 0.472 e. The van der Waals surface area contributed by atoms with Gasteiger partial charge in [0.1, 0.15) is 6.17 Å². The fraction of sp³-hybridized carbons (Fsp3) is 0.333. The van der Waals surface area contributed by atoms with Crippen LogP contribution in [-0.2, 0) is 24.3 Å². The third-order valence-electron chi connectivity index (χ3n) is 7.45. The maximum absolute atomic E-state index is 15.4. The van der Waals surface area contributed by atoms with E-state index in [1.807, 2.05) is 24.3 Å². The van der Waals surface area contributed by atoms with Crippen LogP contribution in [-0.4, -0.2) is 71.2 Å². The normalized spacial score (nSPS) is 21.4. The molecule has 1 aromatic heterocycles. The molecule has 3 aliphatic heterocycles. The number of pyridine rings is 1. The highest BCUT2D eigenvalue weighted by molar-refractivity contribution is 7.98. The largest absolute Gasteiger partial charge is 0.472 e. The molecule has 6 rings (SSSR count). The van der Waals surface area contributed by atoms with Crippen LogP contribution in [0, 0.1) is 11.6 Å². The van der Waals surface area contributed by atoms with Crippen LogP contribution in [0.2, 0.25) is 0 Å². The second-order valence-corrected chi connectivity index (χ2v) is 12.2. The van der Waals surface area contributed by atoms with Crippen LogP contribution >= 0.6 is 19.6 Å². The third kappa shape index (κ3) is 5.46. The van der Waals surface area contributed by atoms with Crippen molar-refractivity contribution in [3.8, 4) is 5.75 Å². The SMILES string of the molecule is COCC1CN2C(=O)c3c(OCOP(=O)(O)O)c(=O)ccn3N([C@@H]3c4ccccc4SCc4c3ccc(F)c4F)[C@@H]2CO1. The van der Waals surface area contributed by atoms with E-state index in [9.17, 15) is 18.5 Å². The number of methoxy groups -OCH3 is 1. The maximum atomic E-state index is 15.4. The smallest absolute Gasteiger partial charge is 0.460 e. The van der Waals surface area contributed by atoms with Gasteiger partial charge in [0, 0.05) is 35.6 Å². The van der Waals surface area contributed by atoms with Crippen LogP contribution < -0.4 is 15.2 Å². The lowest BCUT2D eigenvalue weighted by Crippen LogP contribution is -2.68. The minimum absolute atomic E-state index is 0.00760. The molecular formula is C27H26F2N3O9PS. The van der Waals surface area contributed by atoms with Crippen LogP contribution in [0.1, 0.15) is 33.2 Å². The van der Waals surface area contributed by atoms with E-state index in [-0.39, 0.29) is 36.8 Å². The number of rotatable bonds is 7. The summed E-state index contributed by atoms with van der Waals surface area (Å²) in [5, 5.41) is 1.75. The van der Waals surface area contributed by atoms with E-state index in [1.54, 1.807) is 5.01 Å². The van der Waals surface area contributed by atoms with Gasteiger partial charge in [-0.15, -0.1) is 11.8 Å². The van der Waals surface area contributed by atoms with Crippen LogP contribution in [0.15, 0.2) is 58.4 Å².